The van der Waals surface area contributed by atoms with Gasteiger partial charge in [0, 0.05) is 31.1 Å². The lowest BCUT2D eigenvalue weighted by Gasteiger charge is -2.46. The van der Waals surface area contributed by atoms with Crippen molar-refractivity contribution in [1.82, 2.24) is 10.2 Å². The van der Waals surface area contributed by atoms with E-state index < -0.39 is 0 Å². The molecule has 0 aliphatic carbocycles. The van der Waals surface area contributed by atoms with Gasteiger partial charge in [-0.05, 0) is 44.6 Å². The van der Waals surface area contributed by atoms with Gasteiger partial charge in [0.25, 0.3) is 0 Å². The second-order valence-corrected chi connectivity index (χ2v) is 6.31. The third kappa shape index (κ3) is 2.87. The highest BCUT2D eigenvalue weighted by atomic mass is 16.5. The summed E-state index contributed by atoms with van der Waals surface area (Å²) in [4.78, 5) is 2.39. The lowest BCUT2D eigenvalue weighted by Crippen LogP contribution is -2.51. The summed E-state index contributed by atoms with van der Waals surface area (Å²) in [6.07, 6.45) is 3.27. The van der Waals surface area contributed by atoms with Crippen molar-refractivity contribution in [2.45, 2.75) is 37.8 Å². The Morgan fingerprint density at radius 3 is 2.81 bits per heavy atom. The molecule has 1 spiro atoms. The molecule has 1 N–H and O–H groups in total. The maximum atomic E-state index is 6.46. The minimum absolute atomic E-state index is 0.000928. The van der Waals surface area contributed by atoms with Crippen LogP contribution >= 0.6 is 0 Å². The molecule has 0 bridgehead atoms. The van der Waals surface area contributed by atoms with Crippen LogP contribution in [0.15, 0.2) is 18.2 Å². The highest BCUT2D eigenvalue weighted by Crippen LogP contribution is 2.45. The summed E-state index contributed by atoms with van der Waals surface area (Å²) >= 11 is 0. The van der Waals surface area contributed by atoms with Crippen LogP contribution in [0.4, 0.5) is 0 Å². The highest BCUT2D eigenvalue weighted by Gasteiger charge is 2.42. The van der Waals surface area contributed by atoms with Crippen molar-refractivity contribution in [3.8, 4) is 11.5 Å². The second-order valence-electron chi connectivity index (χ2n) is 6.31. The van der Waals surface area contributed by atoms with E-state index in [9.17, 15) is 0 Å². The molecule has 1 unspecified atom stereocenters. The van der Waals surface area contributed by atoms with Crippen molar-refractivity contribution < 1.29 is 9.47 Å². The van der Waals surface area contributed by atoms with Crippen molar-refractivity contribution in [2.75, 3.05) is 33.8 Å². The standard InChI is InChI=1S/C17H26N2O2/c1-4-18-15-12-17(7-9-19(2)10-8-17)21-16-6-5-13(20-3)11-14(15)16/h5-6,11,15,18H,4,7-10,12H2,1-3H3. The topological polar surface area (TPSA) is 33.7 Å². The summed E-state index contributed by atoms with van der Waals surface area (Å²) in [5.74, 6) is 1.93. The first-order valence-electron chi connectivity index (χ1n) is 7.95. The van der Waals surface area contributed by atoms with E-state index in [4.69, 9.17) is 9.47 Å². The second kappa shape index (κ2) is 5.85. The predicted octanol–water partition coefficient (Wildman–Crippen LogP) is 2.59. The fourth-order valence-corrected chi connectivity index (χ4v) is 3.54. The Balaban J connectivity index is 1.90. The summed E-state index contributed by atoms with van der Waals surface area (Å²) < 4.78 is 11.8. The minimum Gasteiger partial charge on any atom is -0.497 e. The average Bonchev–Trinajstić information content (AvgIpc) is 2.50. The normalized spacial score (nSPS) is 24.4. The number of nitrogens with one attached hydrogen (secondary N) is 1. The summed E-state index contributed by atoms with van der Waals surface area (Å²) in [5, 5.41) is 3.63. The third-order valence-corrected chi connectivity index (χ3v) is 4.84. The molecule has 21 heavy (non-hydrogen) atoms. The maximum Gasteiger partial charge on any atom is 0.125 e. The molecule has 1 aromatic rings. The van der Waals surface area contributed by atoms with E-state index in [0.29, 0.717) is 6.04 Å². The molecule has 0 saturated carbocycles. The lowest BCUT2D eigenvalue weighted by atomic mass is 9.80. The number of benzene rings is 1. The van der Waals surface area contributed by atoms with Crippen LogP contribution in [0.1, 0.15) is 37.8 Å². The Labute approximate surface area is 127 Å². The van der Waals surface area contributed by atoms with Crippen LogP contribution in [-0.2, 0) is 0 Å². The van der Waals surface area contributed by atoms with Gasteiger partial charge in [0.15, 0.2) is 0 Å². The van der Waals surface area contributed by atoms with Crippen LogP contribution in [0.25, 0.3) is 0 Å². The smallest absolute Gasteiger partial charge is 0.125 e. The maximum absolute atomic E-state index is 6.46. The molecule has 0 aromatic heterocycles. The van der Waals surface area contributed by atoms with E-state index in [1.54, 1.807) is 7.11 Å². The zero-order chi connectivity index (χ0) is 14.9. The van der Waals surface area contributed by atoms with Crippen molar-refractivity contribution >= 4 is 0 Å². The molecule has 1 saturated heterocycles. The first kappa shape index (κ1) is 14.7. The van der Waals surface area contributed by atoms with E-state index in [0.717, 1.165) is 50.4 Å². The molecular formula is C17H26N2O2. The quantitative estimate of drug-likeness (QED) is 0.928. The molecule has 0 amide bonds. The number of ether oxygens (including phenoxy) is 2. The van der Waals surface area contributed by atoms with Gasteiger partial charge in [0.05, 0.1) is 7.11 Å². The fraction of sp³-hybridized carbons (Fsp3) is 0.647. The fourth-order valence-electron chi connectivity index (χ4n) is 3.54. The number of hydrogen-bond acceptors (Lipinski definition) is 4. The van der Waals surface area contributed by atoms with Crippen LogP contribution in [0, 0.1) is 0 Å². The van der Waals surface area contributed by atoms with Crippen LogP contribution in [0.5, 0.6) is 11.5 Å². The molecule has 0 radical (unpaired) electrons. The zero-order valence-corrected chi connectivity index (χ0v) is 13.3. The van der Waals surface area contributed by atoms with Crippen molar-refractivity contribution in [3.63, 3.8) is 0 Å². The molecular weight excluding hydrogens is 264 g/mol. The predicted molar refractivity (Wildman–Crippen MR) is 84.1 cm³/mol. The number of nitrogens with zero attached hydrogens (tertiary/aromatic N) is 1. The van der Waals surface area contributed by atoms with Crippen molar-refractivity contribution in [1.29, 1.82) is 0 Å². The van der Waals surface area contributed by atoms with Crippen molar-refractivity contribution in [2.24, 2.45) is 0 Å². The first-order chi connectivity index (χ1) is 10.2. The first-order valence-corrected chi connectivity index (χ1v) is 7.95. The molecule has 116 valence electrons. The van der Waals surface area contributed by atoms with Crippen LogP contribution in [0.3, 0.4) is 0 Å². The van der Waals surface area contributed by atoms with Crippen LogP contribution in [-0.4, -0.2) is 44.3 Å². The van der Waals surface area contributed by atoms with Gasteiger partial charge in [-0.25, -0.2) is 0 Å². The van der Waals surface area contributed by atoms with Gasteiger partial charge in [-0.15, -0.1) is 0 Å². The Bertz CT molecular complexity index is 496. The van der Waals surface area contributed by atoms with Crippen molar-refractivity contribution in [3.05, 3.63) is 23.8 Å². The summed E-state index contributed by atoms with van der Waals surface area (Å²) in [6, 6.07) is 6.54. The van der Waals surface area contributed by atoms with Crippen LogP contribution < -0.4 is 14.8 Å². The van der Waals surface area contributed by atoms with E-state index in [1.165, 1.54) is 5.56 Å². The number of hydrogen-bond donors (Lipinski definition) is 1. The highest BCUT2D eigenvalue weighted by molar-refractivity contribution is 5.44. The van der Waals surface area contributed by atoms with E-state index >= 15 is 0 Å². The Morgan fingerprint density at radius 1 is 1.38 bits per heavy atom. The van der Waals surface area contributed by atoms with E-state index in [1.807, 2.05) is 6.07 Å². The van der Waals surface area contributed by atoms with Gasteiger partial charge in [0.1, 0.15) is 17.1 Å². The van der Waals surface area contributed by atoms with Gasteiger partial charge in [-0.3, -0.25) is 0 Å². The Hall–Kier alpha value is -1.26. The zero-order valence-electron chi connectivity index (χ0n) is 13.3. The molecule has 1 aromatic carbocycles. The molecule has 1 atom stereocenters. The van der Waals surface area contributed by atoms with Gasteiger partial charge in [-0.1, -0.05) is 6.92 Å². The molecule has 2 aliphatic heterocycles. The Kier molecular flexibility index (Phi) is 4.09. The largest absolute Gasteiger partial charge is 0.497 e. The average molecular weight is 290 g/mol. The summed E-state index contributed by atoms with van der Waals surface area (Å²) in [7, 11) is 3.91. The molecule has 4 heteroatoms. The molecule has 2 aliphatic rings. The van der Waals surface area contributed by atoms with Crippen LogP contribution in [0.2, 0.25) is 0 Å². The number of fused-ring (bicyclic) bond motifs is 1. The number of piperidine rings is 1. The van der Waals surface area contributed by atoms with E-state index in [-0.39, 0.29) is 5.60 Å². The number of methoxy groups -OCH3 is 1. The molecule has 3 rings (SSSR count). The summed E-state index contributed by atoms with van der Waals surface area (Å²) in [6.45, 7) is 5.36. The van der Waals surface area contributed by atoms with Gasteiger partial charge >= 0.3 is 0 Å². The van der Waals surface area contributed by atoms with E-state index in [2.05, 4.69) is 36.3 Å². The molecule has 1 fully saturated rings. The molecule has 4 nitrogen and oxygen atoms in total. The van der Waals surface area contributed by atoms with Gasteiger partial charge in [-0.2, -0.15) is 0 Å². The monoisotopic (exact) mass is 290 g/mol. The SMILES string of the molecule is CCNC1CC2(CCN(C)CC2)Oc2ccc(OC)cc21. The Morgan fingerprint density at radius 2 is 2.14 bits per heavy atom. The summed E-state index contributed by atoms with van der Waals surface area (Å²) in [5.41, 5.74) is 1.24. The number of rotatable bonds is 3. The van der Waals surface area contributed by atoms with Gasteiger partial charge in [0.2, 0.25) is 0 Å². The minimum atomic E-state index is 0.000928. The van der Waals surface area contributed by atoms with Gasteiger partial charge < -0.3 is 19.7 Å². The third-order valence-electron chi connectivity index (χ3n) is 4.84. The number of likely N-dealkylation sites (tertiary alicyclic amines) is 1. The lowest BCUT2D eigenvalue weighted by molar-refractivity contribution is -0.0201. The molecule has 2 heterocycles.